The zero-order valence-corrected chi connectivity index (χ0v) is 22.7. The standard InChI is InChI=1S/C32H34N6O2/c1-20-10-11-22-23(7-2-9-26(22)37-29(39)25-18-32(25)13-5-14-32)28(20)40-30-24(8-4-16-34-30)27-12-17-35-31(38-27)36-21-6-3-15-33-19-21/h2,4,7-12,16-17,21,25,33H,3,5-6,13-15,18-19H2,1H3,(H,37,39)(H,35,36,38)/t21-,25?/m0/s1. The Morgan fingerprint density at radius 3 is 2.75 bits per heavy atom. The topological polar surface area (TPSA) is 101 Å². The van der Waals surface area contributed by atoms with Crippen molar-refractivity contribution in [2.45, 2.75) is 51.5 Å². The van der Waals surface area contributed by atoms with Gasteiger partial charge in [-0.25, -0.2) is 15.0 Å². The van der Waals surface area contributed by atoms with E-state index in [0.29, 0.717) is 23.3 Å². The van der Waals surface area contributed by atoms with Crippen LogP contribution in [0.25, 0.3) is 22.0 Å². The van der Waals surface area contributed by atoms with Gasteiger partial charge in [-0.1, -0.05) is 30.7 Å². The van der Waals surface area contributed by atoms with Crippen LogP contribution in [0.15, 0.2) is 60.9 Å². The van der Waals surface area contributed by atoms with Crippen LogP contribution in [0, 0.1) is 18.3 Å². The maximum absolute atomic E-state index is 13.1. The molecule has 204 valence electrons. The summed E-state index contributed by atoms with van der Waals surface area (Å²) < 4.78 is 6.56. The number of pyridine rings is 1. The van der Waals surface area contributed by atoms with E-state index in [1.807, 2.05) is 49.4 Å². The summed E-state index contributed by atoms with van der Waals surface area (Å²) in [6.45, 7) is 3.98. The number of anilines is 2. The first-order valence-electron chi connectivity index (χ1n) is 14.4. The fourth-order valence-electron chi connectivity index (χ4n) is 6.31. The molecule has 2 aliphatic carbocycles. The van der Waals surface area contributed by atoms with E-state index >= 15 is 0 Å². The van der Waals surface area contributed by atoms with Gasteiger partial charge >= 0.3 is 0 Å². The highest BCUT2D eigenvalue weighted by molar-refractivity contribution is 6.06. The van der Waals surface area contributed by atoms with Gasteiger partial charge in [-0.15, -0.1) is 0 Å². The van der Waals surface area contributed by atoms with Gasteiger partial charge in [-0.05, 0) is 80.8 Å². The van der Waals surface area contributed by atoms with Crippen molar-refractivity contribution < 1.29 is 9.53 Å². The highest BCUT2D eigenvalue weighted by Crippen LogP contribution is 2.65. The molecular weight excluding hydrogens is 500 g/mol. The van der Waals surface area contributed by atoms with Gasteiger partial charge < -0.3 is 20.7 Å². The molecule has 0 bridgehead atoms. The number of fused-ring (bicyclic) bond motifs is 1. The third kappa shape index (κ3) is 4.66. The summed E-state index contributed by atoms with van der Waals surface area (Å²) in [7, 11) is 0. The van der Waals surface area contributed by atoms with E-state index in [2.05, 4.69) is 32.0 Å². The average molecular weight is 535 g/mol. The number of carbonyl (C=O) groups is 1. The van der Waals surface area contributed by atoms with E-state index < -0.39 is 0 Å². The summed E-state index contributed by atoms with van der Waals surface area (Å²) >= 11 is 0. The van der Waals surface area contributed by atoms with Gasteiger partial charge in [0.2, 0.25) is 17.7 Å². The second kappa shape index (κ2) is 10.2. The Kier molecular flexibility index (Phi) is 6.35. The quantitative estimate of drug-likeness (QED) is 0.264. The van der Waals surface area contributed by atoms with Crippen LogP contribution in [0.5, 0.6) is 11.6 Å². The van der Waals surface area contributed by atoms with E-state index in [-0.39, 0.29) is 11.8 Å². The number of nitrogens with zero attached hydrogens (tertiary/aromatic N) is 3. The van der Waals surface area contributed by atoms with Crippen molar-refractivity contribution in [3.63, 3.8) is 0 Å². The van der Waals surface area contributed by atoms with Gasteiger partial charge in [0.25, 0.3) is 0 Å². The number of aromatic nitrogens is 3. The van der Waals surface area contributed by atoms with Crippen LogP contribution >= 0.6 is 0 Å². The number of hydrogen-bond acceptors (Lipinski definition) is 7. The van der Waals surface area contributed by atoms with Crippen molar-refractivity contribution >= 4 is 28.3 Å². The van der Waals surface area contributed by atoms with Crippen LogP contribution in [-0.2, 0) is 4.79 Å². The lowest BCUT2D eigenvalue weighted by atomic mass is 9.79. The minimum absolute atomic E-state index is 0.138. The van der Waals surface area contributed by atoms with E-state index in [1.54, 1.807) is 12.4 Å². The summed E-state index contributed by atoms with van der Waals surface area (Å²) in [5, 5.41) is 12.0. The van der Waals surface area contributed by atoms with E-state index in [4.69, 9.17) is 9.72 Å². The van der Waals surface area contributed by atoms with Gasteiger partial charge in [0, 0.05) is 47.4 Å². The van der Waals surface area contributed by atoms with Crippen molar-refractivity contribution in [2.24, 2.45) is 11.3 Å². The summed E-state index contributed by atoms with van der Waals surface area (Å²) in [4.78, 5) is 26.9. The summed E-state index contributed by atoms with van der Waals surface area (Å²) in [6, 6.07) is 16.1. The fourth-order valence-corrected chi connectivity index (χ4v) is 6.31. The van der Waals surface area contributed by atoms with Gasteiger partial charge in [0.05, 0.1) is 11.3 Å². The van der Waals surface area contributed by atoms with E-state index in [9.17, 15) is 4.79 Å². The Labute approximate surface area is 234 Å². The molecule has 1 aliphatic heterocycles. The zero-order chi connectivity index (χ0) is 27.1. The molecule has 2 aromatic heterocycles. The summed E-state index contributed by atoms with van der Waals surface area (Å²) in [5.74, 6) is 2.08. The highest BCUT2D eigenvalue weighted by Gasteiger charge is 2.60. The first-order chi connectivity index (χ1) is 19.6. The number of benzene rings is 2. The number of carbonyl (C=O) groups excluding carboxylic acids is 1. The molecule has 3 heterocycles. The molecule has 40 heavy (non-hydrogen) atoms. The number of ether oxygens (including phenoxy) is 1. The lowest BCUT2D eigenvalue weighted by Gasteiger charge is -2.26. The Balaban J connectivity index is 1.17. The van der Waals surface area contributed by atoms with Gasteiger partial charge in [0.15, 0.2) is 0 Å². The summed E-state index contributed by atoms with van der Waals surface area (Å²) in [5.41, 5.74) is 3.62. The lowest BCUT2D eigenvalue weighted by molar-refractivity contribution is -0.118. The maximum atomic E-state index is 13.1. The zero-order valence-electron chi connectivity index (χ0n) is 22.7. The average Bonchev–Trinajstić information content (AvgIpc) is 3.73. The number of rotatable bonds is 7. The lowest BCUT2D eigenvalue weighted by Crippen LogP contribution is -2.38. The number of piperidine rings is 1. The molecule has 1 unspecified atom stereocenters. The van der Waals surface area contributed by atoms with Crippen LogP contribution in [0.3, 0.4) is 0 Å². The van der Waals surface area contributed by atoms with E-state index in [0.717, 1.165) is 71.4 Å². The molecule has 1 spiro atoms. The molecule has 1 saturated heterocycles. The van der Waals surface area contributed by atoms with E-state index in [1.165, 1.54) is 19.3 Å². The minimum Gasteiger partial charge on any atom is -0.437 e. The van der Waals surface area contributed by atoms with Crippen molar-refractivity contribution in [3.05, 3.63) is 66.5 Å². The molecule has 3 N–H and O–H groups in total. The Bertz CT molecular complexity index is 1580. The molecule has 3 aliphatic rings. The number of aryl methyl sites for hydroxylation is 1. The van der Waals surface area contributed by atoms with Gasteiger partial charge in [-0.2, -0.15) is 0 Å². The number of amides is 1. The van der Waals surface area contributed by atoms with Crippen LogP contribution < -0.4 is 20.7 Å². The predicted octanol–water partition coefficient (Wildman–Crippen LogP) is 6.09. The molecule has 3 fully saturated rings. The van der Waals surface area contributed by atoms with Crippen molar-refractivity contribution in [1.82, 2.24) is 20.3 Å². The molecule has 2 saturated carbocycles. The van der Waals surface area contributed by atoms with Crippen molar-refractivity contribution in [1.29, 1.82) is 0 Å². The second-order valence-corrected chi connectivity index (χ2v) is 11.5. The first-order valence-corrected chi connectivity index (χ1v) is 14.4. The van der Waals surface area contributed by atoms with Crippen LogP contribution in [-0.4, -0.2) is 40.0 Å². The molecule has 8 nitrogen and oxygen atoms in total. The highest BCUT2D eigenvalue weighted by atomic mass is 16.5. The molecule has 0 radical (unpaired) electrons. The number of hydrogen-bond donors (Lipinski definition) is 3. The molecule has 7 rings (SSSR count). The van der Waals surface area contributed by atoms with Gasteiger partial charge in [0.1, 0.15) is 5.75 Å². The molecule has 2 atom stereocenters. The fraction of sp³-hybridized carbons (Fsp3) is 0.375. The Hall–Kier alpha value is -4.04. The Morgan fingerprint density at radius 1 is 1.02 bits per heavy atom. The third-order valence-corrected chi connectivity index (χ3v) is 8.85. The van der Waals surface area contributed by atoms with Crippen LogP contribution in [0.1, 0.15) is 44.1 Å². The SMILES string of the molecule is Cc1ccc2c(NC(=O)C3CC34CCC4)cccc2c1Oc1ncccc1-c1ccnc(N[C@H]2CCCNC2)n1. The monoisotopic (exact) mass is 534 g/mol. The molecular formula is C32H34N6O2. The van der Waals surface area contributed by atoms with Crippen molar-refractivity contribution in [3.8, 4) is 22.9 Å². The normalized spacial score (nSPS) is 21.0. The third-order valence-electron chi connectivity index (χ3n) is 8.85. The largest absolute Gasteiger partial charge is 0.437 e. The molecule has 8 heteroatoms. The molecule has 1 amide bonds. The minimum atomic E-state index is 0.138. The number of nitrogens with one attached hydrogen (secondary N) is 3. The molecule has 4 aromatic rings. The van der Waals surface area contributed by atoms with Crippen LogP contribution in [0.2, 0.25) is 0 Å². The smallest absolute Gasteiger partial charge is 0.228 e. The molecule has 2 aromatic carbocycles. The first kappa shape index (κ1) is 25.0. The van der Waals surface area contributed by atoms with Gasteiger partial charge in [-0.3, -0.25) is 4.79 Å². The summed E-state index contributed by atoms with van der Waals surface area (Å²) in [6.07, 6.45) is 10.4. The van der Waals surface area contributed by atoms with Crippen molar-refractivity contribution in [2.75, 3.05) is 23.7 Å². The predicted molar refractivity (Wildman–Crippen MR) is 157 cm³/mol. The Morgan fingerprint density at radius 2 is 1.95 bits per heavy atom. The second-order valence-electron chi connectivity index (χ2n) is 11.5. The van der Waals surface area contributed by atoms with Crippen LogP contribution in [0.4, 0.5) is 11.6 Å². The maximum Gasteiger partial charge on any atom is 0.228 e.